The highest BCUT2D eigenvalue weighted by Gasteiger charge is 2.30. The highest BCUT2D eigenvalue weighted by Crippen LogP contribution is 2.17. The van der Waals surface area contributed by atoms with Crippen molar-refractivity contribution in [2.45, 2.75) is 19.4 Å². The molecule has 0 saturated heterocycles. The summed E-state index contributed by atoms with van der Waals surface area (Å²) in [6.07, 6.45) is 2.87. The van der Waals surface area contributed by atoms with Gasteiger partial charge in [0.15, 0.2) is 5.54 Å². The highest BCUT2D eigenvalue weighted by atomic mass is 32.1. The lowest BCUT2D eigenvalue weighted by Crippen LogP contribution is -2.35. The van der Waals surface area contributed by atoms with Crippen LogP contribution in [0, 0.1) is 0 Å². The van der Waals surface area contributed by atoms with E-state index < -0.39 is 11.5 Å². The van der Waals surface area contributed by atoms with Gasteiger partial charge in [0.25, 0.3) is 5.91 Å². The molecule has 2 heterocycles. The number of aliphatic carboxylic acids is 1. The summed E-state index contributed by atoms with van der Waals surface area (Å²) in [5.74, 6) is -1.36. The zero-order chi connectivity index (χ0) is 14.0. The second-order valence-electron chi connectivity index (χ2n) is 4.37. The lowest BCUT2D eigenvalue weighted by atomic mass is 10.1. The van der Waals surface area contributed by atoms with Gasteiger partial charge in [-0.2, -0.15) is 5.10 Å². The zero-order valence-electron chi connectivity index (χ0n) is 10.3. The summed E-state index contributed by atoms with van der Waals surface area (Å²) < 4.78 is 1.28. The molecule has 100 valence electrons. The first kappa shape index (κ1) is 13.2. The molecule has 0 atom stereocenters. The minimum atomic E-state index is -1.18. The minimum Gasteiger partial charge on any atom is -0.479 e. The number of hydrogen-bond acceptors (Lipinski definition) is 5. The summed E-state index contributed by atoms with van der Waals surface area (Å²) in [5.41, 5.74) is 1.12. The Labute approximate surface area is 112 Å². The normalized spacial score (nSPS) is 11.3. The molecule has 2 aromatic rings. The maximum absolute atomic E-state index is 11.7. The zero-order valence-corrected chi connectivity index (χ0v) is 11.1. The molecule has 0 radical (unpaired) electrons. The molecule has 0 aliphatic rings. The Morgan fingerprint density at radius 1 is 1.47 bits per heavy atom. The quantitative estimate of drug-likeness (QED) is 0.882. The molecule has 7 nitrogen and oxygen atoms in total. The third kappa shape index (κ3) is 2.63. The fourth-order valence-corrected chi connectivity index (χ4v) is 1.84. The summed E-state index contributed by atoms with van der Waals surface area (Å²) >= 11 is 1.32. The van der Waals surface area contributed by atoms with E-state index in [9.17, 15) is 9.59 Å². The van der Waals surface area contributed by atoms with Crippen LogP contribution in [0.3, 0.4) is 0 Å². The van der Waals surface area contributed by atoms with Crippen molar-refractivity contribution in [3.8, 4) is 0 Å². The summed E-state index contributed by atoms with van der Waals surface area (Å²) in [7, 11) is 0. The van der Waals surface area contributed by atoms with Crippen molar-refractivity contribution < 1.29 is 14.7 Å². The third-order valence-corrected chi connectivity index (χ3v) is 3.19. The molecule has 0 unspecified atom stereocenters. The van der Waals surface area contributed by atoms with Crippen LogP contribution in [0.4, 0.5) is 5.69 Å². The van der Waals surface area contributed by atoms with Gasteiger partial charge in [-0.3, -0.25) is 9.48 Å². The smallest absolute Gasteiger partial charge is 0.331 e. The van der Waals surface area contributed by atoms with E-state index in [4.69, 9.17) is 5.11 Å². The first-order valence-corrected chi connectivity index (χ1v) is 6.33. The van der Waals surface area contributed by atoms with Gasteiger partial charge in [-0.1, -0.05) is 0 Å². The SMILES string of the molecule is CC(C)(C(=O)O)n1cc(NC(=O)c2cscn2)cn1. The molecule has 2 rings (SSSR count). The summed E-state index contributed by atoms with van der Waals surface area (Å²) in [6.45, 7) is 3.04. The van der Waals surface area contributed by atoms with E-state index in [1.807, 2.05) is 0 Å². The number of carboxylic acid groups (broad SMARTS) is 1. The van der Waals surface area contributed by atoms with Crippen LogP contribution in [-0.4, -0.2) is 31.7 Å². The van der Waals surface area contributed by atoms with Crippen molar-refractivity contribution in [3.05, 3.63) is 29.0 Å². The lowest BCUT2D eigenvalue weighted by Gasteiger charge is -2.19. The van der Waals surface area contributed by atoms with Crippen molar-refractivity contribution in [1.29, 1.82) is 0 Å². The molecular weight excluding hydrogens is 268 g/mol. The average Bonchev–Trinajstić information content (AvgIpc) is 2.99. The van der Waals surface area contributed by atoms with Gasteiger partial charge in [0.2, 0.25) is 0 Å². The van der Waals surface area contributed by atoms with Gasteiger partial charge >= 0.3 is 5.97 Å². The number of carbonyl (C=O) groups excluding carboxylic acids is 1. The fourth-order valence-electron chi connectivity index (χ4n) is 1.31. The number of aromatic nitrogens is 3. The van der Waals surface area contributed by atoms with E-state index in [1.165, 1.54) is 42.3 Å². The van der Waals surface area contributed by atoms with Crippen LogP contribution < -0.4 is 5.32 Å². The Morgan fingerprint density at radius 3 is 2.79 bits per heavy atom. The number of carboxylic acids is 1. The molecular formula is C11H12N4O3S. The van der Waals surface area contributed by atoms with E-state index >= 15 is 0 Å². The summed E-state index contributed by atoms with van der Waals surface area (Å²) in [6, 6.07) is 0. The number of anilines is 1. The molecule has 2 N–H and O–H groups in total. The lowest BCUT2D eigenvalue weighted by molar-refractivity contribution is -0.146. The monoisotopic (exact) mass is 280 g/mol. The topological polar surface area (TPSA) is 97.1 Å². The number of rotatable bonds is 4. The van der Waals surface area contributed by atoms with Crippen LogP contribution in [0.5, 0.6) is 0 Å². The predicted octanol–water partition coefficient (Wildman–Crippen LogP) is 1.41. The average molecular weight is 280 g/mol. The minimum absolute atomic E-state index is 0.315. The maximum Gasteiger partial charge on any atom is 0.331 e. The van der Waals surface area contributed by atoms with E-state index in [1.54, 1.807) is 10.9 Å². The van der Waals surface area contributed by atoms with Crippen LogP contribution in [0.1, 0.15) is 24.3 Å². The maximum atomic E-state index is 11.7. The Morgan fingerprint density at radius 2 is 2.21 bits per heavy atom. The molecule has 0 saturated carbocycles. The molecule has 0 aliphatic heterocycles. The van der Waals surface area contributed by atoms with Crippen molar-refractivity contribution >= 4 is 28.9 Å². The molecule has 1 amide bonds. The third-order valence-electron chi connectivity index (χ3n) is 2.60. The van der Waals surface area contributed by atoms with Crippen molar-refractivity contribution in [2.75, 3.05) is 5.32 Å². The van der Waals surface area contributed by atoms with Crippen molar-refractivity contribution in [1.82, 2.24) is 14.8 Å². The van der Waals surface area contributed by atoms with E-state index in [0.29, 0.717) is 11.4 Å². The second kappa shape index (κ2) is 4.81. The van der Waals surface area contributed by atoms with Crippen LogP contribution >= 0.6 is 11.3 Å². The molecule has 0 aromatic carbocycles. The number of nitrogens with zero attached hydrogens (tertiary/aromatic N) is 3. The predicted molar refractivity (Wildman–Crippen MR) is 69.3 cm³/mol. The Hall–Kier alpha value is -2.22. The Balaban J connectivity index is 2.14. The number of nitrogens with one attached hydrogen (secondary N) is 1. The van der Waals surface area contributed by atoms with Crippen LogP contribution in [0.25, 0.3) is 0 Å². The number of hydrogen-bond donors (Lipinski definition) is 2. The van der Waals surface area contributed by atoms with Gasteiger partial charge in [0, 0.05) is 11.6 Å². The van der Waals surface area contributed by atoms with Crippen LogP contribution in [0.2, 0.25) is 0 Å². The molecule has 0 fully saturated rings. The molecule has 8 heteroatoms. The van der Waals surface area contributed by atoms with Crippen molar-refractivity contribution in [2.24, 2.45) is 0 Å². The summed E-state index contributed by atoms with van der Waals surface area (Å²) in [4.78, 5) is 26.7. The Bertz CT molecular complexity index is 603. The second-order valence-corrected chi connectivity index (χ2v) is 5.08. The van der Waals surface area contributed by atoms with Gasteiger partial charge in [-0.05, 0) is 13.8 Å². The standard InChI is InChI=1S/C11H12N4O3S/c1-11(2,10(17)18)15-4-7(3-13-15)14-9(16)8-5-19-6-12-8/h3-6H,1-2H3,(H,14,16)(H,17,18). The highest BCUT2D eigenvalue weighted by molar-refractivity contribution is 7.07. The number of amides is 1. The van der Waals surface area contributed by atoms with Gasteiger partial charge in [0.05, 0.1) is 17.4 Å². The van der Waals surface area contributed by atoms with Gasteiger partial charge in [0.1, 0.15) is 5.69 Å². The molecule has 0 bridgehead atoms. The van der Waals surface area contributed by atoms with Gasteiger partial charge in [-0.25, -0.2) is 9.78 Å². The van der Waals surface area contributed by atoms with E-state index in [0.717, 1.165) is 0 Å². The fraction of sp³-hybridized carbons (Fsp3) is 0.273. The van der Waals surface area contributed by atoms with Gasteiger partial charge < -0.3 is 10.4 Å². The van der Waals surface area contributed by atoms with E-state index in [2.05, 4.69) is 15.4 Å². The van der Waals surface area contributed by atoms with Crippen molar-refractivity contribution in [3.63, 3.8) is 0 Å². The molecule has 2 aromatic heterocycles. The van der Waals surface area contributed by atoms with Gasteiger partial charge in [-0.15, -0.1) is 11.3 Å². The number of carbonyl (C=O) groups is 2. The largest absolute Gasteiger partial charge is 0.479 e. The van der Waals surface area contributed by atoms with Crippen LogP contribution in [-0.2, 0) is 10.3 Å². The number of thiazole rings is 1. The first-order valence-electron chi connectivity index (χ1n) is 5.39. The first-order chi connectivity index (χ1) is 8.91. The molecule has 19 heavy (non-hydrogen) atoms. The Kier molecular flexibility index (Phi) is 3.34. The van der Waals surface area contributed by atoms with Crippen LogP contribution in [0.15, 0.2) is 23.3 Å². The molecule has 0 spiro atoms. The molecule has 0 aliphatic carbocycles. The van der Waals surface area contributed by atoms with E-state index in [-0.39, 0.29) is 5.91 Å². The summed E-state index contributed by atoms with van der Waals surface area (Å²) in [5, 5.41) is 17.3.